The molecular formula is C18H17BrN4O. The van der Waals surface area contributed by atoms with Crippen LogP contribution < -0.4 is 5.32 Å². The molecule has 0 bridgehead atoms. The number of benzene rings is 2. The number of halogens is 1. The van der Waals surface area contributed by atoms with Crippen LogP contribution in [-0.2, 0) is 6.54 Å². The minimum absolute atomic E-state index is 0.245. The molecule has 1 amide bonds. The lowest BCUT2D eigenvalue weighted by atomic mass is 10.1. The van der Waals surface area contributed by atoms with Gasteiger partial charge in [-0.25, -0.2) is 4.68 Å². The molecule has 0 aliphatic rings. The van der Waals surface area contributed by atoms with E-state index in [0.29, 0.717) is 12.2 Å². The molecule has 0 aliphatic heterocycles. The topological polar surface area (TPSA) is 59.8 Å². The van der Waals surface area contributed by atoms with Crippen molar-refractivity contribution in [2.24, 2.45) is 0 Å². The minimum atomic E-state index is -0.245. The van der Waals surface area contributed by atoms with Crippen molar-refractivity contribution in [3.63, 3.8) is 0 Å². The third kappa shape index (κ3) is 3.89. The third-order valence-corrected chi connectivity index (χ3v) is 4.03. The van der Waals surface area contributed by atoms with Gasteiger partial charge in [-0.3, -0.25) is 4.79 Å². The van der Waals surface area contributed by atoms with Crippen molar-refractivity contribution in [2.45, 2.75) is 20.4 Å². The minimum Gasteiger partial charge on any atom is -0.347 e. The summed E-state index contributed by atoms with van der Waals surface area (Å²) in [6, 6.07) is 13.9. The number of hydrogen-bond acceptors (Lipinski definition) is 3. The largest absolute Gasteiger partial charge is 0.347 e. The normalized spacial score (nSPS) is 10.6. The molecule has 3 aromatic rings. The van der Waals surface area contributed by atoms with Crippen molar-refractivity contribution in [1.29, 1.82) is 0 Å². The molecule has 0 saturated heterocycles. The molecule has 0 radical (unpaired) electrons. The van der Waals surface area contributed by atoms with E-state index >= 15 is 0 Å². The van der Waals surface area contributed by atoms with Crippen LogP contribution in [0.5, 0.6) is 0 Å². The Kier molecular flexibility index (Phi) is 4.76. The average molecular weight is 385 g/mol. The zero-order valence-corrected chi connectivity index (χ0v) is 15.0. The molecule has 0 unspecified atom stereocenters. The van der Waals surface area contributed by atoms with E-state index in [4.69, 9.17) is 0 Å². The van der Waals surface area contributed by atoms with Crippen molar-refractivity contribution in [3.05, 3.63) is 75.5 Å². The van der Waals surface area contributed by atoms with Crippen LogP contribution in [0, 0.1) is 13.8 Å². The highest BCUT2D eigenvalue weighted by atomic mass is 79.9. The second-order valence-electron chi connectivity index (χ2n) is 5.71. The SMILES string of the molecule is Cc1cc(C)cc(-n2cc(C(=O)NCc3cccc(Br)c3)nn2)c1. The van der Waals surface area contributed by atoms with Crippen LogP contribution in [0.15, 0.2) is 53.1 Å². The van der Waals surface area contributed by atoms with E-state index in [1.165, 1.54) is 0 Å². The number of rotatable bonds is 4. The van der Waals surface area contributed by atoms with Crippen LogP contribution in [0.2, 0.25) is 0 Å². The van der Waals surface area contributed by atoms with E-state index in [2.05, 4.69) is 37.6 Å². The van der Waals surface area contributed by atoms with Crippen molar-refractivity contribution in [2.75, 3.05) is 0 Å². The first-order valence-electron chi connectivity index (χ1n) is 7.55. The highest BCUT2D eigenvalue weighted by Gasteiger charge is 2.11. The van der Waals surface area contributed by atoms with E-state index in [-0.39, 0.29) is 5.91 Å². The lowest BCUT2D eigenvalue weighted by Crippen LogP contribution is -2.23. The predicted molar refractivity (Wildman–Crippen MR) is 96.1 cm³/mol. The highest BCUT2D eigenvalue weighted by molar-refractivity contribution is 9.10. The van der Waals surface area contributed by atoms with Gasteiger partial charge in [-0.15, -0.1) is 5.10 Å². The van der Waals surface area contributed by atoms with Crippen LogP contribution in [-0.4, -0.2) is 20.9 Å². The Hall–Kier alpha value is -2.47. The predicted octanol–water partition coefficient (Wildman–Crippen LogP) is 3.58. The molecule has 3 rings (SSSR count). The van der Waals surface area contributed by atoms with Crippen LogP contribution in [0.1, 0.15) is 27.2 Å². The molecule has 0 aliphatic carbocycles. The molecule has 1 N–H and O–H groups in total. The van der Waals surface area contributed by atoms with Gasteiger partial charge in [0.1, 0.15) is 0 Å². The molecule has 0 fully saturated rings. The Morgan fingerprint density at radius 3 is 2.62 bits per heavy atom. The Labute approximate surface area is 148 Å². The number of hydrogen-bond donors (Lipinski definition) is 1. The Morgan fingerprint density at radius 2 is 1.92 bits per heavy atom. The fourth-order valence-electron chi connectivity index (χ4n) is 2.50. The van der Waals surface area contributed by atoms with E-state index in [9.17, 15) is 4.79 Å². The molecule has 1 heterocycles. The van der Waals surface area contributed by atoms with Crippen molar-refractivity contribution < 1.29 is 4.79 Å². The number of carbonyl (C=O) groups is 1. The van der Waals surface area contributed by atoms with Gasteiger partial charge < -0.3 is 5.32 Å². The standard InChI is InChI=1S/C18H17BrN4O/c1-12-6-13(2)8-16(7-12)23-11-17(21-22-23)18(24)20-10-14-4-3-5-15(19)9-14/h3-9,11H,10H2,1-2H3,(H,20,24). The van der Waals surface area contributed by atoms with Gasteiger partial charge in [0.2, 0.25) is 0 Å². The quantitative estimate of drug-likeness (QED) is 0.747. The molecule has 0 atom stereocenters. The second-order valence-corrected chi connectivity index (χ2v) is 6.62. The van der Waals surface area contributed by atoms with E-state index in [1.807, 2.05) is 50.2 Å². The number of aryl methyl sites for hydroxylation is 2. The fourth-order valence-corrected chi connectivity index (χ4v) is 2.94. The van der Waals surface area contributed by atoms with Crippen LogP contribution >= 0.6 is 15.9 Å². The zero-order chi connectivity index (χ0) is 17.1. The van der Waals surface area contributed by atoms with Crippen LogP contribution in [0.3, 0.4) is 0 Å². The molecular weight excluding hydrogens is 368 g/mol. The fraction of sp³-hybridized carbons (Fsp3) is 0.167. The first-order chi connectivity index (χ1) is 11.5. The number of aromatic nitrogens is 3. The lowest BCUT2D eigenvalue weighted by molar-refractivity contribution is 0.0946. The maximum absolute atomic E-state index is 12.2. The summed E-state index contributed by atoms with van der Waals surface area (Å²) in [6.07, 6.45) is 1.64. The second kappa shape index (κ2) is 6.97. The highest BCUT2D eigenvalue weighted by Crippen LogP contribution is 2.13. The summed E-state index contributed by atoms with van der Waals surface area (Å²) in [6.45, 7) is 4.49. The Balaban J connectivity index is 1.71. The third-order valence-electron chi connectivity index (χ3n) is 3.54. The summed E-state index contributed by atoms with van der Waals surface area (Å²) in [5.74, 6) is -0.245. The average Bonchev–Trinajstić information content (AvgIpc) is 3.02. The van der Waals surface area contributed by atoms with Gasteiger partial charge in [0.05, 0.1) is 11.9 Å². The maximum Gasteiger partial charge on any atom is 0.273 e. The molecule has 122 valence electrons. The summed E-state index contributed by atoms with van der Waals surface area (Å²) in [4.78, 5) is 12.2. The van der Waals surface area contributed by atoms with E-state index < -0.39 is 0 Å². The number of nitrogens with one attached hydrogen (secondary N) is 1. The summed E-state index contributed by atoms with van der Waals surface area (Å²) in [5.41, 5.74) is 4.48. The summed E-state index contributed by atoms with van der Waals surface area (Å²) < 4.78 is 2.60. The molecule has 0 spiro atoms. The van der Waals surface area contributed by atoms with Crippen molar-refractivity contribution in [1.82, 2.24) is 20.3 Å². The summed E-state index contributed by atoms with van der Waals surface area (Å²) >= 11 is 3.42. The van der Waals surface area contributed by atoms with Gasteiger partial charge in [0.25, 0.3) is 5.91 Å². The zero-order valence-electron chi connectivity index (χ0n) is 13.5. The lowest BCUT2D eigenvalue weighted by Gasteiger charge is -2.04. The molecule has 2 aromatic carbocycles. The first-order valence-corrected chi connectivity index (χ1v) is 8.34. The number of amides is 1. The summed E-state index contributed by atoms with van der Waals surface area (Å²) in [5, 5.41) is 10.9. The van der Waals surface area contributed by atoms with Crippen LogP contribution in [0.4, 0.5) is 0 Å². The van der Waals surface area contributed by atoms with Gasteiger partial charge >= 0.3 is 0 Å². The summed E-state index contributed by atoms with van der Waals surface area (Å²) in [7, 11) is 0. The van der Waals surface area contributed by atoms with Gasteiger partial charge in [0.15, 0.2) is 5.69 Å². The first kappa shape index (κ1) is 16.4. The molecule has 0 saturated carbocycles. The van der Waals surface area contributed by atoms with Gasteiger partial charge in [0, 0.05) is 11.0 Å². The number of carbonyl (C=O) groups excluding carboxylic acids is 1. The van der Waals surface area contributed by atoms with E-state index in [0.717, 1.165) is 26.9 Å². The molecule has 24 heavy (non-hydrogen) atoms. The molecule has 1 aromatic heterocycles. The van der Waals surface area contributed by atoms with Gasteiger partial charge in [-0.2, -0.15) is 0 Å². The molecule has 6 heteroatoms. The molecule has 5 nitrogen and oxygen atoms in total. The van der Waals surface area contributed by atoms with Crippen molar-refractivity contribution >= 4 is 21.8 Å². The smallest absolute Gasteiger partial charge is 0.273 e. The Morgan fingerprint density at radius 1 is 1.17 bits per heavy atom. The van der Waals surface area contributed by atoms with Gasteiger partial charge in [-0.05, 0) is 54.8 Å². The van der Waals surface area contributed by atoms with Crippen molar-refractivity contribution in [3.8, 4) is 5.69 Å². The number of nitrogens with zero attached hydrogens (tertiary/aromatic N) is 3. The maximum atomic E-state index is 12.2. The monoisotopic (exact) mass is 384 g/mol. The van der Waals surface area contributed by atoms with Crippen LogP contribution in [0.25, 0.3) is 5.69 Å². The Bertz CT molecular complexity index is 868. The van der Waals surface area contributed by atoms with E-state index in [1.54, 1.807) is 10.9 Å². The van der Waals surface area contributed by atoms with Gasteiger partial charge in [-0.1, -0.05) is 39.3 Å².